The summed E-state index contributed by atoms with van der Waals surface area (Å²) in [6.45, 7) is 6.34. The molecule has 0 aliphatic heterocycles. The summed E-state index contributed by atoms with van der Waals surface area (Å²) in [5.74, 6) is 0.370. The number of hydrogen-bond donors (Lipinski definition) is 1. The number of amides is 1. The first-order valence-corrected chi connectivity index (χ1v) is 7.54. The fraction of sp³-hybridized carbons (Fsp3) is 0.529. The topological polar surface area (TPSA) is 71.3 Å². The van der Waals surface area contributed by atoms with Gasteiger partial charge >= 0.3 is 0 Å². The lowest BCUT2D eigenvalue weighted by atomic mass is 9.99. The average Bonchev–Trinajstić information content (AvgIpc) is 2.53. The van der Waals surface area contributed by atoms with Gasteiger partial charge in [0.25, 0.3) is 5.91 Å². The van der Waals surface area contributed by atoms with E-state index in [1.54, 1.807) is 25.1 Å². The Morgan fingerprint density at radius 3 is 2.64 bits per heavy atom. The molecule has 0 aromatic heterocycles. The van der Waals surface area contributed by atoms with Crippen LogP contribution in [-0.4, -0.2) is 25.2 Å². The van der Waals surface area contributed by atoms with Crippen molar-refractivity contribution in [2.24, 2.45) is 0 Å². The molecule has 1 atom stereocenters. The van der Waals surface area contributed by atoms with E-state index in [2.05, 4.69) is 11.4 Å². The van der Waals surface area contributed by atoms with E-state index in [0.29, 0.717) is 30.0 Å². The fourth-order valence-electron chi connectivity index (χ4n) is 2.07. The van der Waals surface area contributed by atoms with Gasteiger partial charge in [0.1, 0.15) is 17.4 Å². The molecule has 1 amide bonds. The molecule has 1 N–H and O–H groups in total. The zero-order valence-corrected chi connectivity index (χ0v) is 13.7. The van der Waals surface area contributed by atoms with E-state index in [4.69, 9.17) is 9.47 Å². The molecule has 0 aliphatic rings. The molecule has 0 aliphatic carbocycles. The lowest BCUT2D eigenvalue weighted by Crippen LogP contribution is -2.41. The molecule has 0 bridgehead atoms. The number of nitrogens with one attached hydrogen (secondary N) is 1. The Morgan fingerprint density at radius 2 is 2.09 bits per heavy atom. The summed E-state index contributed by atoms with van der Waals surface area (Å²) in [7, 11) is 1.52. The van der Waals surface area contributed by atoms with Crippen molar-refractivity contribution < 1.29 is 14.3 Å². The summed E-state index contributed by atoms with van der Waals surface area (Å²) >= 11 is 0. The third kappa shape index (κ3) is 4.47. The Kier molecular flexibility index (Phi) is 6.87. The van der Waals surface area contributed by atoms with Gasteiger partial charge in [-0.25, -0.2) is 0 Å². The van der Waals surface area contributed by atoms with Crippen LogP contribution in [-0.2, 0) is 9.53 Å². The van der Waals surface area contributed by atoms with Crippen LogP contribution in [0.25, 0.3) is 0 Å². The normalized spacial score (nSPS) is 13.0. The Bertz CT molecular complexity index is 551. The maximum absolute atomic E-state index is 12.4. The van der Waals surface area contributed by atoms with Crippen molar-refractivity contribution in [1.82, 2.24) is 0 Å². The molecule has 0 spiro atoms. The number of carbonyl (C=O) groups excluding carboxylic acids is 1. The van der Waals surface area contributed by atoms with E-state index in [1.807, 2.05) is 13.8 Å². The Balaban J connectivity index is 2.93. The SMILES string of the molecule is CCCOc1ccc(NC(=O)[C@@](C)(CCC)OC)c(C#N)c1. The lowest BCUT2D eigenvalue weighted by Gasteiger charge is -2.26. The first-order chi connectivity index (χ1) is 10.5. The van der Waals surface area contributed by atoms with Crippen molar-refractivity contribution in [3.05, 3.63) is 23.8 Å². The zero-order chi connectivity index (χ0) is 16.6. The van der Waals surface area contributed by atoms with Crippen molar-refractivity contribution in [3.63, 3.8) is 0 Å². The minimum atomic E-state index is -0.904. The lowest BCUT2D eigenvalue weighted by molar-refractivity contribution is -0.136. The summed E-state index contributed by atoms with van der Waals surface area (Å²) in [6, 6.07) is 7.15. The van der Waals surface area contributed by atoms with E-state index in [9.17, 15) is 10.1 Å². The number of methoxy groups -OCH3 is 1. The number of rotatable bonds is 8. The van der Waals surface area contributed by atoms with Crippen LogP contribution < -0.4 is 10.1 Å². The van der Waals surface area contributed by atoms with E-state index < -0.39 is 5.60 Å². The second kappa shape index (κ2) is 8.40. The quantitative estimate of drug-likeness (QED) is 0.798. The number of hydrogen-bond acceptors (Lipinski definition) is 4. The smallest absolute Gasteiger partial charge is 0.256 e. The van der Waals surface area contributed by atoms with Gasteiger partial charge in [0, 0.05) is 7.11 Å². The summed E-state index contributed by atoms with van der Waals surface area (Å²) in [5.41, 5.74) is -0.0635. The largest absolute Gasteiger partial charge is 0.494 e. The molecule has 5 nitrogen and oxygen atoms in total. The maximum atomic E-state index is 12.4. The van der Waals surface area contributed by atoms with E-state index in [1.165, 1.54) is 7.11 Å². The van der Waals surface area contributed by atoms with Gasteiger partial charge in [0.2, 0.25) is 0 Å². The van der Waals surface area contributed by atoms with Crippen LogP contribution in [0.1, 0.15) is 45.6 Å². The minimum absolute atomic E-state index is 0.254. The van der Waals surface area contributed by atoms with Crippen LogP contribution in [0.5, 0.6) is 5.75 Å². The predicted molar refractivity (Wildman–Crippen MR) is 85.9 cm³/mol. The highest BCUT2D eigenvalue weighted by Crippen LogP contribution is 2.25. The highest BCUT2D eigenvalue weighted by Gasteiger charge is 2.32. The van der Waals surface area contributed by atoms with Gasteiger partial charge in [0.05, 0.1) is 17.9 Å². The van der Waals surface area contributed by atoms with E-state index in [0.717, 1.165) is 12.8 Å². The van der Waals surface area contributed by atoms with Gasteiger partial charge in [-0.2, -0.15) is 5.26 Å². The molecule has 0 saturated heterocycles. The molecule has 1 aromatic rings. The molecule has 0 saturated carbocycles. The Hall–Kier alpha value is -2.06. The minimum Gasteiger partial charge on any atom is -0.494 e. The van der Waals surface area contributed by atoms with Gasteiger partial charge in [-0.1, -0.05) is 20.3 Å². The Morgan fingerprint density at radius 1 is 1.36 bits per heavy atom. The summed E-state index contributed by atoms with van der Waals surface area (Å²) in [6.07, 6.45) is 2.32. The summed E-state index contributed by atoms with van der Waals surface area (Å²) in [4.78, 5) is 12.4. The van der Waals surface area contributed by atoms with Crippen molar-refractivity contribution >= 4 is 11.6 Å². The maximum Gasteiger partial charge on any atom is 0.256 e. The molecule has 1 rings (SSSR count). The van der Waals surface area contributed by atoms with Gasteiger partial charge in [-0.05, 0) is 38.0 Å². The third-order valence-corrected chi connectivity index (χ3v) is 3.49. The molecule has 0 radical (unpaired) electrons. The number of carbonyl (C=O) groups is 1. The average molecular weight is 304 g/mol. The monoisotopic (exact) mass is 304 g/mol. The second-order valence-corrected chi connectivity index (χ2v) is 5.31. The van der Waals surface area contributed by atoms with Gasteiger partial charge in [0.15, 0.2) is 0 Å². The third-order valence-electron chi connectivity index (χ3n) is 3.49. The fourth-order valence-corrected chi connectivity index (χ4v) is 2.07. The van der Waals surface area contributed by atoms with Crippen molar-refractivity contribution in [2.45, 2.75) is 45.6 Å². The van der Waals surface area contributed by atoms with Crippen molar-refractivity contribution in [2.75, 3.05) is 19.0 Å². The summed E-state index contributed by atoms with van der Waals surface area (Å²) < 4.78 is 10.8. The predicted octanol–water partition coefficient (Wildman–Crippen LogP) is 3.49. The van der Waals surface area contributed by atoms with Crippen LogP contribution in [0.15, 0.2) is 18.2 Å². The number of anilines is 1. The van der Waals surface area contributed by atoms with Crippen LogP contribution >= 0.6 is 0 Å². The number of nitriles is 1. The van der Waals surface area contributed by atoms with Crippen molar-refractivity contribution in [3.8, 4) is 11.8 Å². The second-order valence-electron chi connectivity index (χ2n) is 5.31. The molecule has 1 aromatic carbocycles. The molecule has 0 heterocycles. The summed E-state index contributed by atoms with van der Waals surface area (Å²) in [5, 5.41) is 12.0. The highest BCUT2D eigenvalue weighted by molar-refractivity contribution is 5.98. The van der Waals surface area contributed by atoms with Crippen LogP contribution in [0.2, 0.25) is 0 Å². The zero-order valence-electron chi connectivity index (χ0n) is 13.7. The standard InChI is InChI=1S/C17H24N2O3/c1-5-9-17(3,21-4)16(20)19-15-8-7-14(22-10-6-2)11-13(15)12-18/h7-8,11H,5-6,9-10H2,1-4H3,(H,19,20)/t17-/m1/s1. The van der Waals surface area contributed by atoms with Crippen LogP contribution in [0.4, 0.5) is 5.69 Å². The van der Waals surface area contributed by atoms with Gasteiger partial charge < -0.3 is 14.8 Å². The molecule has 120 valence electrons. The van der Waals surface area contributed by atoms with Gasteiger partial charge in [-0.15, -0.1) is 0 Å². The first-order valence-electron chi connectivity index (χ1n) is 7.54. The molecular formula is C17H24N2O3. The number of ether oxygens (including phenoxy) is 2. The van der Waals surface area contributed by atoms with Crippen LogP contribution in [0.3, 0.4) is 0 Å². The molecule has 0 unspecified atom stereocenters. The molecule has 0 fully saturated rings. The first kappa shape index (κ1) is 18.0. The molecule has 5 heteroatoms. The van der Waals surface area contributed by atoms with Crippen molar-refractivity contribution in [1.29, 1.82) is 5.26 Å². The highest BCUT2D eigenvalue weighted by atomic mass is 16.5. The van der Waals surface area contributed by atoms with Gasteiger partial charge in [-0.3, -0.25) is 4.79 Å². The molecule has 22 heavy (non-hydrogen) atoms. The van der Waals surface area contributed by atoms with E-state index in [-0.39, 0.29) is 5.91 Å². The number of benzene rings is 1. The van der Waals surface area contributed by atoms with Crippen LogP contribution in [0, 0.1) is 11.3 Å². The molecular weight excluding hydrogens is 280 g/mol. The number of nitrogens with zero attached hydrogens (tertiary/aromatic N) is 1. The van der Waals surface area contributed by atoms with E-state index >= 15 is 0 Å². The Labute approximate surface area is 132 Å².